The zero-order valence-corrected chi connectivity index (χ0v) is 20.8. The highest BCUT2D eigenvalue weighted by atomic mass is 35.5. The second kappa shape index (κ2) is 10.1. The Balaban J connectivity index is 1.53. The highest BCUT2D eigenvalue weighted by molar-refractivity contribution is 6.34. The van der Waals surface area contributed by atoms with Gasteiger partial charge in [-0.3, -0.25) is 4.79 Å². The number of rotatable bonds is 6. The van der Waals surface area contributed by atoms with E-state index in [1.165, 1.54) is 24.5 Å². The van der Waals surface area contributed by atoms with Gasteiger partial charge in [-0.2, -0.15) is 0 Å². The minimum atomic E-state index is -0.776. The Morgan fingerprint density at radius 1 is 1.19 bits per heavy atom. The van der Waals surface area contributed by atoms with Crippen LogP contribution in [0.25, 0.3) is 22.0 Å². The zero-order chi connectivity index (χ0) is 26.1. The van der Waals surface area contributed by atoms with Gasteiger partial charge in [-0.05, 0) is 24.3 Å². The third kappa shape index (κ3) is 4.60. The molecule has 3 heterocycles. The van der Waals surface area contributed by atoms with E-state index in [2.05, 4.69) is 21.5 Å². The minimum Gasteiger partial charge on any atom is -0.487 e. The maximum atomic E-state index is 16.0. The van der Waals surface area contributed by atoms with Crippen LogP contribution in [-0.2, 0) is 18.4 Å². The van der Waals surface area contributed by atoms with Crippen LogP contribution in [0.15, 0.2) is 55.8 Å². The minimum absolute atomic E-state index is 0.00277. The van der Waals surface area contributed by atoms with Gasteiger partial charge in [0.15, 0.2) is 5.82 Å². The highest BCUT2D eigenvalue weighted by Crippen LogP contribution is 2.42. The number of amides is 1. The number of carbonyl (C=O) groups excluding carboxylic acids is 1. The molecule has 5 rings (SSSR count). The normalized spacial score (nSPS) is 13.7. The number of ether oxygens (including phenoxy) is 1. The number of aryl methyl sites for hydroxylation is 1. The number of imidazole rings is 1. The summed E-state index contributed by atoms with van der Waals surface area (Å²) < 4.78 is 38.8. The molecule has 2 aromatic carbocycles. The Bertz CT molecular complexity index is 1500. The number of anilines is 1. The third-order valence-electron chi connectivity index (χ3n) is 6.38. The molecule has 37 heavy (non-hydrogen) atoms. The van der Waals surface area contributed by atoms with Crippen molar-refractivity contribution < 1.29 is 18.3 Å². The van der Waals surface area contributed by atoms with Gasteiger partial charge in [-0.1, -0.05) is 24.2 Å². The highest BCUT2D eigenvalue weighted by Gasteiger charge is 2.26. The van der Waals surface area contributed by atoms with Gasteiger partial charge in [0.1, 0.15) is 35.8 Å². The molecule has 1 amide bonds. The van der Waals surface area contributed by atoms with Crippen molar-refractivity contribution in [3.05, 3.63) is 78.1 Å². The van der Waals surface area contributed by atoms with E-state index in [1.807, 2.05) is 11.9 Å². The molecule has 0 atom stereocenters. The van der Waals surface area contributed by atoms with E-state index in [4.69, 9.17) is 16.3 Å². The molecule has 1 fully saturated rings. The molecule has 0 N–H and O–H groups in total. The summed E-state index contributed by atoms with van der Waals surface area (Å²) in [6, 6.07) is 5.82. The van der Waals surface area contributed by atoms with E-state index in [0.29, 0.717) is 37.4 Å². The molecule has 1 aliphatic heterocycles. The number of hydrogen-bond donors (Lipinski definition) is 0. The zero-order valence-electron chi connectivity index (χ0n) is 20.0. The molecule has 11 heteroatoms. The molecule has 0 aliphatic carbocycles. The largest absolute Gasteiger partial charge is 0.487 e. The van der Waals surface area contributed by atoms with E-state index >= 15 is 8.78 Å². The first kappa shape index (κ1) is 24.6. The van der Waals surface area contributed by atoms with Crippen LogP contribution in [0.5, 0.6) is 5.75 Å². The first-order valence-electron chi connectivity index (χ1n) is 11.5. The molecule has 0 unspecified atom stereocenters. The molecule has 0 bridgehead atoms. The lowest BCUT2D eigenvalue weighted by atomic mass is 10.0. The molecule has 4 aromatic rings. The van der Waals surface area contributed by atoms with E-state index in [-0.39, 0.29) is 39.9 Å². The molecule has 1 saturated heterocycles. The Morgan fingerprint density at radius 2 is 1.97 bits per heavy atom. The average Bonchev–Trinajstić information content (AvgIpc) is 3.32. The number of halogens is 3. The van der Waals surface area contributed by atoms with Crippen molar-refractivity contribution in [2.24, 2.45) is 7.05 Å². The van der Waals surface area contributed by atoms with Crippen LogP contribution in [0.1, 0.15) is 5.69 Å². The first-order chi connectivity index (χ1) is 17.9. The predicted molar refractivity (Wildman–Crippen MR) is 136 cm³/mol. The number of nitrogens with zero attached hydrogens (tertiary/aromatic N) is 6. The standard InChI is InChI=1S/C26H23ClF2N6O2/c1-3-21(36)34-7-9-35(10-8-34)26-17-11-18(27)22(24(29)25(17)31-14-32-26)23-19(28)5-4-6-20(23)37-13-16-12-30-15-33(16)2/h3-6,11-12,14-15H,1,7-10,13H2,2H3. The van der Waals surface area contributed by atoms with Crippen molar-refractivity contribution >= 4 is 34.2 Å². The Labute approximate surface area is 216 Å². The SMILES string of the molecule is C=CC(=O)N1CCN(c2ncnc3c(F)c(-c4c(F)cccc4OCc4cncn4C)c(Cl)cc23)CC1. The number of benzene rings is 2. The van der Waals surface area contributed by atoms with Gasteiger partial charge in [-0.25, -0.2) is 23.7 Å². The van der Waals surface area contributed by atoms with Crippen LogP contribution in [-0.4, -0.2) is 56.5 Å². The van der Waals surface area contributed by atoms with Crippen LogP contribution in [0.2, 0.25) is 5.02 Å². The van der Waals surface area contributed by atoms with Crippen molar-refractivity contribution in [3.8, 4) is 16.9 Å². The van der Waals surface area contributed by atoms with Crippen LogP contribution < -0.4 is 9.64 Å². The number of aromatic nitrogens is 4. The molecule has 2 aromatic heterocycles. The third-order valence-corrected chi connectivity index (χ3v) is 6.68. The number of fused-ring (bicyclic) bond motifs is 1. The predicted octanol–water partition coefficient (Wildman–Crippen LogP) is 4.38. The van der Waals surface area contributed by atoms with Crippen molar-refractivity contribution in [3.63, 3.8) is 0 Å². The van der Waals surface area contributed by atoms with Crippen LogP contribution in [0, 0.1) is 11.6 Å². The van der Waals surface area contributed by atoms with Gasteiger partial charge < -0.3 is 19.1 Å². The molecular weight excluding hydrogens is 502 g/mol. The molecular formula is C26H23ClF2N6O2. The van der Waals surface area contributed by atoms with Crippen molar-refractivity contribution in [1.29, 1.82) is 0 Å². The second-order valence-corrected chi connectivity index (χ2v) is 8.96. The average molecular weight is 525 g/mol. The lowest BCUT2D eigenvalue weighted by Gasteiger charge is -2.35. The van der Waals surface area contributed by atoms with E-state index in [1.54, 1.807) is 34.1 Å². The van der Waals surface area contributed by atoms with Gasteiger partial charge in [0.05, 0.1) is 28.8 Å². The van der Waals surface area contributed by atoms with Gasteiger partial charge in [0.25, 0.3) is 0 Å². The van der Waals surface area contributed by atoms with Crippen molar-refractivity contribution in [1.82, 2.24) is 24.4 Å². The fourth-order valence-electron chi connectivity index (χ4n) is 4.41. The lowest BCUT2D eigenvalue weighted by Crippen LogP contribution is -2.48. The van der Waals surface area contributed by atoms with Gasteiger partial charge in [0.2, 0.25) is 5.91 Å². The summed E-state index contributed by atoms with van der Waals surface area (Å²) >= 11 is 6.59. The Hall–Kier alpha value is -4.05. The summed E-state index contributed by atoms with van der Waals surface area (Å²) in [6.07, 6.45) is 5.80. The van der Waals surface area contributed by atoms with E-state index in [0.717, 1.165) is 5.69 Å². The number of hydrogen-bond acceptors (Lipinski definition) is 6. The smallest absolute Gasteiger partial charge is 0.246 e. The van der Waals surface area contributed by atoms with Crippen molar-refractivity contribution in [2.75, 3.05) is 31.1 Å². The fourth-order valence-corrected chi connectivity index (χ4v) is 4.69. The van der Waals surface area contributed by atoms with Crippen LogP contribution >= 0.6 is 11.6 Å². The molecule has 0 spiro atoms. The summed E-state index contributed by atoms with van der Waals surface area (Å²) in [5, 5.41) is 0.392. The Morgan fingerprint density at radius 3 is 2.68 bits per heavy atom. The first-order valence-corrected chi connectivity index (χ1v) is 11.9. The van der Waals surface area contributed by atoms with Crippen molar-refractivity contribution in [2.45, 2.75) is 6.61 Å². The molecule has 1 aliphatic rings. The quantitative estimate of drug-likeness (QED) is 0.349. The Kier molecular flexibility index (Phi) is 6.75. The lowest BCUT2D eigenvalue weighted by molar-refractivity contribution is -0.126. The summed E-state index contributed by atoms with van der Waals surface area (Å²) in [5.74, 6) is -0.970. The topological polar surface area (TPSA) is 76.4 Å². The fraction of sp³-hybridized carbons (Fsp3) is 0.231. The molecule has 8 nitrogen and oxygen atoms in total. The maximum Gasteiger partial charge on any atom is 0.246 e. The van der Waals surface area contributed by atoms with Crippen LogP contribution in [0.4, 0.5) is 14.6 Å². The monoisotopic (exact) mass is 524 g/mol. The van der Waals surface area contributed by atoms with Crippen LogP contribution in [0.3, 0.4) is 0 Å². The molecule has 0 radical (unpaired) electrons. The summed E-state index contributed by atoms with van der Waals surface area (Å²) in [5.41, 5.74) is 0.534. The van der Waals surface area contributed by atoms with E-state index < -0.39 is 11.6 Å². The summed E-state index contributed by atoms with van der Waals surface area (Å²) in [4.78, 5) is 28.1. The van der Waals surface area contributed by atoms with E-state index in [9.17, 15) is 4.79 Å². The summed E-state index contributed by atoms with van der Waals surface area (Å²) in [7, 11) is 1.81. The number of piperazine rings is 1. The second-order valence-electron chi connectivity index (χ2n) is 8.55. The number of carbonyl (C=O) groups is 1. The molecule has 190 valence electrons. The maximum absolute atomic E-state index is 16.0. The summed E-state index contributed by atoms with van der Waals surface area (Å²) in [6.45, 7) is 5.55. The van der Waals surface area contributed by atoms with Gasteiger partial charge in [-0.15, -0.1) is 0 Å². The van der Waals surface area contributed by atoms with Gasteiger partial charge >= 0.3 is 0 Å². The molecule has 0 saturated carbocycles. The van der Waals surface area contributed by atoms with Gasteiger partial charge in [0, 0.05) is 44.2 Å².